The first-order chi connectivity index (χ1) is 9.56. The van der Waals surface area contributed by atoms with Crippen molar-refractivity contribution in [3.05, 3.63) is 64.7 Å². The van der Waals surface area contributed by atoms with Crippen LogP contribution >= 0.6 is 11.6 Å². The minimum absolute atomic E-state index is 0.214. The Morgan fingerprint density at radius 1 is 1.25 bits per heavy atom. The number of anilines is 1. The molecule has 0 saturated carbocycles. The number of carbonyl (C=O) groups is 1. The van der Waals surface area contributed by atoms with Crippen LogP contribution in [0, 0.1) is 6.92 Å². The van der Waals surface area contributed by atoms with Crippen molar-refractivity contribution in [2.24, 2.45) is 5.73 Å². The summed E-state index contributed by atoms with van der Waals surface area (Å²) in [6, 6.07) is 14.5. The largest absolute Gasteiger partial charge is 0.325 e. The minimum atomic E-state index is -0.586. The van der Waals surface area contributed by atoms with Crippen LogP contribution in [0.25, 0.3) is 0 Å². The highest BCUT2D eigenvalue weighted by Gasteiger charge is 2.14. The molecule has 2 rings (SSSR count). The van der Waals surface area contributed by atoms with Gasteiger partial charge < -0.3 is 11.1 Å². The summed E-state index contributed by atoms with van der Waals surface area (Å²) in [7, 11) is 0. The van der Waals surface area contributed by atoms with Gasteiger partial charge in [-0.05, 0) is 36.6 Å². The first-order valence-corrected chi connectivity index (χ1v) is 6.80. The molecule has 1 amide bonds. The zero-order valence-electron chi connectivity index (χ0n) is 11.3. The number of halogens is 1. The summed E-state index contributed by atoms with van der Waals surface area (Å²) < 4.78 is 0. The van der Waals surface area contributed by atoms with Crippen molar-refractivity contribution in [3.8, 4) is 0 Å². The van der Waals surface area contributed by atoms with E-state index in [4.69, 9.17) is 17.3 Å². The van der Waals surface area contributed by atoms with Gasteiger partial charge in [-0.15, -0.1) is 0 Å². The standard InChI is InChI=1S/C16H17ClN2O/c1-11-7-8-13(10-14(11)17)19-16(20)15(18)9-12-5-3-2-4-6-12/h2-8,10,15H,9,18H2,1H3,(H,19,20). The van der Waals surface area contributed by atoms with Gasteiger partial charge in [0.05, 0.1) is 6.04 Å². The molecule has 0 saturated heterocycles. The smallest absolute Gasteiger partial charge is 0.241 e. The van der Waals surface area contributed by atoms with Gasteiger partial charge in [-0.3, -0.25) is 4.79 Å². The summed E-state index contributed by atoms with van der Waals surface area (Å²) in [5.41, 5.74) is 8.59. The van der Waals surface area contributed by atoms with Crippen LogP contribution in [0.4, 0.5) is 5.69 Å². The van der Waals surface area contributed by atoms with Crippen molar-refractivity contribution in [1.29, 1.82) is 0 Å². The highest BCUT2D eigenvalue weighted by molar-refractivity contribution is 6.31. The van der Waals surface area contributed by atoms with E-state index >= 15 is 0 Å². The van der Waals surface area contributed by atoms with E-state index < -0.39 is 6.04 Å². The van der Waals surface area contributed by atoms with E-state index in [0.717, 1.165) is 11.1 Å². The summed E-state index contributed by atoms with van der Waals surface area (Å²) in [4.78, 5) is 12.0. The minimum Gasteiger partial charge on any atom is -0.325 e. The van der Waals surface area contributed by atoms with Crippen LogP contribution in [0.3, 0.4) is 0 Å². The third-order valence-corrected chi connectivity index (χ3v) is 3.48. The number of nitrogens with one attached hydrogen (secondary N) is 1. The Bertz CT molecular complexity index is 599. The van der Waals surface area contributed by atoms with Crippen LogP contribution in [-0.4, -0.2) is 11.9 Å². The average Bonchev–Trinajstić information content (AvgIpc) is 2.44. The summed E-state index contributed by atoms with van der Waals surface area (Å²) in [6.45, 7) is 1.91. The van der Waals surface area contributed by atoms with Crippen molar-refractivity contribution in [2.75, 3.05) is 5.32 Å². The molecule has 0 fully saturated rings. The Morgan fingerprint density at radius 3 is 2.60 bits per heavy atom. The fourth-order valence-electron chi connectivity index (χ4n) is 1.87. The van der Waals surface area contributed by atoms with Gasteiger partial charge in [0.15, 0.2) is 0 Å². The van der Waals surface area contributed by atoms with Gasteiger partial charge >= 0.3 is 0 Å². The summed E-state index contributed by atoms with van der Waals surface area (Å²) in [6.07, 6.45) is 0.506. The van der Waals surface area contributed by atoms with E-state index in [9.17, 15) is 4.79 Å². The molecule has 2 aromatic carbocycles. The molecule has 0 heterocycles. The van der Waals surface area contributed by atoms with Crippen LogP contribution in [0.1, 0.15) is 11.1 Å². The lowest BCUT2D eigenvalue weighted by atomic mass is 10.1. The molecule has 4 heteroatoms. The predicted molar refractivity (Wildman–Crippen MR) is 82.9 cm³/mol. The Balaban J connectivity index is 1.99. The van der Waals surface area contributed by atoms with Crippen molar-refractivity contribution in [1.82, 2.24) is 0 Å². The van der Waals surface area contributed by atoms with Crippen LogP contribution in [0.15, 0.2) is 48.5 Å². The van der Waals surface area contributed by atoms with Crippen molar-refractivity contribution in [2.45, 2.75) is 19.4 Å². The Kier molecular flexibility index (Phi) is 4.77. The topological polar surface area (TPSA) is 55.1 Å². The maximum Gasteiger partial charge on any atom is 0.241 e. The highest BCUT2D eigenvalue weighted by Crippen LogP contribution is 2.20. The first kappa shape index (κ1) is 14.6. The Hall–Kier alpha value is -1.84. The lowest BCUT2D eigenvalue weighted by Crippen LogP contribution is -2.37. The van der Waals surface area contributed by atoms with Crippen molar-refractivity contribution < 1.29 is 4.79 Å². The molecular weight excluding hydrogens is 272 g/mol. The van der Waals surface area contributed by atoms with Gasteiger partial charge in [0.25, 0.3) is 0 Å². The molecule has 3 N–H and O–H groups in total. The number of amides is 1. The summed E-state index contributed by atoms with van der Waals surface area (Å²) >= 11 is 6.02. The number of aryl methyl sites for hydroxylation is 1. The Morgan fingerprint density at radius 2 is 1.95 bits per heavy atom. The normalized spacial score (nSPS) is 11.9. The fourth-order valence-corrected chi connectivity index (χ4v) is 2.05. The van der Waals surface area contributed by atoms with Gasteiger partial charge in [0.1, 0.15) is 0 Å². The van der Waals surface area contributed by atoms with Crippen LogP contribution in [0.2, 0.25) is 5.02 Å². The molecule has 3 nitrogen and oxygen atoms in total. The molecule has 1 unspecified atom stereocenters. The zero-order valence-corrected chi connectivity index (χ0v) is 12.0. The molecule has 0 aromatic heterocycles. The molecule has 0 spiro atoms. The quantitative estimate of drug-likeness (QED) is 0.908. The maximum atomic E-state index is 12.0. The summed E-state index contributed by atoms with van der Waals surface area (Å²) in [5.74, 6) is -0.214. The molecule has 0 aliphatic carbocycles. The number of hydrogen-bond donors (Lipinski definition) is 2. The van der Waals surface area contributed by atoms with Gasteiger partial charge in [-0.2, -0.15) is 0 Å². The van der Waals surface area contributed by atoms with E-state index in [-0.39, 0.29) is 5.91 Å². The Labute approximate surface area is 123 Å². The summed E-state index contributed by atoms with van der Waals surface area (Å²) in [5, 5.41) is 3.41. The van der Waals surface area contributed by atoms with Crippen LogP contribution in [0.5, 0.6) is 0 Å². The van der Waals surface area contributed by atoms with E-state index in [1.807, 2.05) is 49.4 Å². The third kappa shape index (κ3) is 3.83. The van der Waals surface area contributed by atoms with E-state index in [2.05, 4.69) is 5.32 Å². The van der Waals surface area contributed by atoms with Gasteiger partial charge in [-0.1, -0.05) is 48.0 Å². The lowest BCUT2D eigenvalue weighted by Gasteiger charge is -2.13. The third-order valence-electron chi connectivity index (χ3n) is 3.07. The number of rotatable bonds is 4. The molecule has 0 bridgehead atoms. The SMILES string of the molecule is Cc1ccc(NC(=O)C(N)Cc2ccccc2)cc1Cl. The number of benzene rings is 2. The number of nitrogens with two attached hydrogens (primary N) is 1. The second-order valence-corrected chi connectivity index (χ2v) is 5.16. The number of carbonyl (C=O) groups excluding carboxylic acids is 1. The average molecular weight is 289 g/mol. The zero-order chi connectivity index (χ0) is 14.5. The van der Waals surface area contributed by atoms with Crippen LogP contribution in [-0.2, 0) is 11.2 Å². The second-order valence-electron chi connectivity index (χ2n) is 4.75. The highest BCUT2D eigenvalue weighted by atomic mass is 35.5. The second kappa shape index (κ2) is 6.55. The monoisotopic (exact) mass is 288 g/mol. The molecule has 0 radical (unpaired) electrons. The van der Waals surface area contributed by atoms with Gasteiger partial charge in [0, 0.05) is 10.7 Å². The molecule has 0 aliphatic rings. The van der Waals surface area contributed by atoms with Crippen molar-refractivity contribution in [3.63, 3.8) is 0 Å². The van der Waals surface area contributed by atoms with E-state index in [0.29, 0.717) is 17.1 Å². The van der Waals surface area contributed by atoms with E-state index in [1.165, 1.54) is 0 Å². The molecule has 0 aliphatic heterocycles. The predicted octanol–water partition coefficient (Wildman–Crippen LogP) is 3.16. The molecule has 2 aromatic rings. The van der Waals surface area contributed by atoms with E-state index in [1.54, 1.807) is 6.07 Å². The number of hydrogen-bond acceptors (Lipinski definition) is 2. The molecule has 104 valence electrons. The molecule has 1 atom stereocenters. The van der Waals surface area contributed by atoms with Crippen molar-refractivity contribution >= 4 is 23.2 Å². The molecule has 20 heavy (non-hydrogen) atoms. The van der Waals surface area contributed by atoms with Gasteiger partial charge in [0.2, 0.25) is 5.91 Å². The van der Waals surface area contributed by atoms with Crippen LogP contribution < -0.4 is 11.1 Å². The first-order valence-electron chi connectivity index (χ1n) is 6.43. The molecular formula is C16H17ClN2O. The fraction of sp³-hybridized carbons (Fsp3) is 0.188. The maximum absolute atomic E-state index is 12.0. The lowest BCUT2D eigenvalue weighted by molar-refractivity contribution is -0.117. The van der Waals surface area contributed by atoms with Gasteiger partial charge in [-0.25, -0.2) is 0 Å².